The van der Waals surface area contributed by atoms with Crippen LogP contribution in [0.1, 0.15) is 12.8 Å². The van der Waals surface area contributed by atoms with Crippen molar-refractivity contribution in [2.75, 3.05) is 18.4 Å². The zero-order valence-corrected chi connectivity index (χ0v) is 16.4. The van der Waals surface area contributed by atoms with Gasteiger partial charge < -0.3 is 5.32 Å². The molecule has 1 amide bonds. The van der Waals surface area contributed by atoms with Gasteiger partial charge in [-0.3, -0.25) is 19.1 Å². The molecule has 9 heteroatoms. The van der Waals surface area contributed by atoms with Gasteiger partial charge in [-0.1, -0.05) is 0 Å². The number of rotatable bonds is 5. The van der Waals surface area contributed by atoms with Gasteiger partial charge in [0.25, 0.3) is 5.56 Å². The van der Waals surface area contributed by atoms with Crippen molar-refractivity contribution in [2.45, 2.75) is 24.3 Å². The first-order valence-corrected chi connectivity index (χ1v) is 10.7. The predicted molar refractivity (Wildman–Crippen MR) is 109 cm³/mol. The molecule has 29 heavy (non-hydrogen) atoms. The molecule has 3 aromatic rings. The van der Waals surface area contributed by atoms with Crippen LogP contribution in [0.15, 0.2) is 64.5 Å². The van der Waals surface area contributed by atoms with E-state index in [1.165, 1.54) is 27.2 Å². The van der Waals surface area contributed by atoms with Crippen molar-refractivity contribution < 1.29 is 13.2 Å². The minimum atomic E-state index is -3.56. The molecule has 1 aliphatic heterocycles. The van der Waals surface area contributed by atoms with Crippen molar-refractivity contribution >= 4 is 32.5 Å². The molecule has 0 atom stereocenters. The van der Waals surface area contributed by atoms with Crippen LogP contribution in [0.2, 0.25) is 0 Å². The SMILES string of the molecule is O=C(Cn1c(=O)ccc2cc(S(=O)(=O)N3CCCC3)ccc21)Nc1cccnc1. The summed E-state index contributed by atoms with van der Waals surface area (Å²) in [6.45, 7) is 0.853. The highest BCUT2D eigenvalue weighted by Gasteiger charge is 2.27. The van der Waals surface area contributed by atoms with Crippen LogP contribution in [0.3, 0.4) is 0 Å². The minimum absolute atomic E-state index is 0.191. The van der Waals surface area contributed by atoms with E-state index < -0.39 is 10.0 Å². The lowest BCUT2D eigenvalue weighted by Gasteiger charge is -2.16. The number of carbonyl (C=O) groups is 1. The second-order valence-electron chi connectivity index (χ2n) is 6.88. The summed E-state index contributed by atoms with van der Waals surface area (Å²) in [6.07, 6.45) is 4.83. The third-order valence-corrected chi connectivity index (χ3v) is 6.81. The first-order chi connectivity index (χ1) is 13.9. The summed E-state index contributed by atoms with van der Waals surface area (Å²) < 4.78 is 28.4. The summed E-state index contributed by atoms with van der Waals surface area (Å²) in [5, 5.41) is 3.27. The number of fused-ring (bicyclic) bond motifs is 1. The average Bonchev–Trinajstić information content (AvgIpc) is 3.26. The molecule has 4 rings (SSSR count). The Balaban J connectivity index is 1.65. The topological polar surface area (TPSA) is 101 Å². The van der Waals surface area contributed by atoms with Gasteiger partial charge in [0.2, 0.25) is 15.9 Å². The number of carbonyl (C=O) groups excluding carboxylic acids is 1. The molecule has 0 spiro atoms. The molecule has 150 valence electrons. The number of anilines is 1. The Bertz CT molecular complexity index is 1220. The molecule has 1 N–H and O–H groups in total. The minimum Gasteiger partial charge on any atom is -0.323 e. The molecule has 2 aromatic heterocycles. The molecule has 1 fully saturated rings. The number of hydrogen-bond acceptors (Lipinski definition) is 5. The standard InChI is InChI=1S/C20H20N4O4S/c25-19(22-16-4-3-9-21-13-16)14-24-18-7-6-17(12-15(18)5-8-20(24)26)29(27,28)23-10-1-2-11-23/h3-9,12-13H,1-2,10-11,14H2,(H,22,25). The molecule has 0 radical (unpaired) electrons. The fourth-order valence-electron chi connectivity index (χ4n) is 3.46. The number of benzene rings is 1. The van der Waals surface area contributed by atoms with Crippen molar-refractivity contribution in [3.63, 3.8) is 0 Å². The Hall–Kier alpha value is -3.04. The second kappa shape index (κ2) is 7.76. The second-order valence-corrected chi connectivity index (χ2v) is 8.82. The van der Waals surface area contributed by atoms with E-state index in [0.717, 1.165) is 12.8 Å². The van der Waals surface area contributed by atoms with Crippen molar-refractivity contribution in [2.24, 2.45) is 0 Å². The van der Waals surface area contributed by atoms with Gasteiger partial charge in [-0.05, 0) is 54.6 Å². The van der Waals surface area contributed by atoms with E-state index in [1.54, 1.807) is 36.5 Å². The van der Waals surface area contributed by atoms with Crippen LogP contribution in [0.4, 0.5) is 5.69 Å². The van der Waals surface area contributed by atoms with Gasteiger partial charge in [0.15, 0.2) is 0 Å². The number of aromatic nitrogens is 2. The van der Waals surface area contributed by atoms with Gasteiger partial charge in [-0.2, -0.15) is 4.31 Å². The first kappa shape index (κ1) is 19.3. The normalized spacial score (nSPS) is 14.9. The maximum atomic E-state index is 12.8. The Morgan fingerprint density at radius 3 is 2.62 bits per heavy atom. The van der Waals surface area contributed by atoms with Crippen molar-refractivity contribution in [3.8, 4) is 0 Å². The molecule has 0 bridgehead atoms. The van der Waals surface area contributed by atoms with Crippen molar-refractivity contribution in [1.29, 1.82) is 0 Å². The Kier molecular flexibility index (Phi) is 5.16. The van der Waals surface area contributed by atoms with Gasteiger partial charge in [-0.25, -0.2) is 8.42 Å². The van der Waals surface area contributed by atoms with E-state index in [-0.39, 0.29) is 22.9 Å². The van der Waals surface area contributed by atoms with E-state index in [1.807, 2.05) is 0 Å². The fourth-order valence-corrected chi connectivity index (χ4v) is 5.02. The number of sulfonamides is 1. The number of nitrogens with zero attached hydrogens (tertiary/aromatic N) is 3. The van der Waals surface area contributed by atoms with Crippen LogP contribution >= 0.6 is 0 Å². The molecular formula is C20H20N4O4S. The maximum absolute atomic E-state index is 12.8. The van der Waals surface area contributed by atoms with E-state index in [9.17, 15) is 18.0 Å². The third kappa shape index (κ3) is 3.92. The lowest BCUT2D eigenvalue weighted by molar-refractivity contribution is -0.116. The summed E-state index contributed by atoms with van der Waals surface area (Å²) in [6, 6.07) is 10.9. The number of nitrogens with one attached hydrogen (secondary N) is 1. The first-order valence-electron chi connectivity index (χ1n) is 9.29. The van der Waals surface area contributed by atoms with Crippen LogP contribution in [0.5, 0.6) is 0 Å². The van der Waals surface area contributed by atoms with Gasteiger partial charge in [0.1, 0.15) is 6.54 Å². The summed E-state index contributed by atoms with van der Waals surface area (Å²) in [4.78, 5) is 28.9. The van der Waals surface area contributed by atoms with Crippen LogP contribution in [0, 0.1) is 0 Å². The molecular weight excluding hydrogens is 392 g/mol. The van der Waals surface area contributed by atoms with E-state index >= 15 is 0 Å². The summed E-state index contributed by atoms with van der Waals surface area (Å²) in [5.74, 6) is -0.374. The molecule has 0 unspecified atom stereocenters. The largest absolute Gasteiger partial charge is 0.323 e. The van der Waals surface area contributed by atoms with Crippen LogP contribution in [-0.2, 0) is 21.4 Å². The van der Waals surface area contributed by atoms with Gasteiger partial charge >= 0.3 is 0 Å². The van der Waals surface area contributed by atoms with Gasteiger partial charge in [0.05, 0.1) is 22.3 Å². The number of amides is 1. The molecule has 1 aromatic carbocycles. The molecule has 0 aliphatic carbocycles. The van der Waals surface area contributed by atoms with Crippen molar-refractivity contribution in [1.82, 2.24) is 13.9 Å². The lowest BCUT2D eigenvalue weighted by Crippen LogP contribution is -2.28. The fraction of sp³-hybridized carbons (Fsp3) is 0.250. The monoisotopic (exact) mass is 412 g/mol. The summed E-state index contributed by atoms with van der Waals surface area (Å²) in [5.41, 5.74) is 0.693. The zero-order valence-electron chi connectivity index (χ0n) is 15.6. The quantitative estimate of drug-likeness (QED) is 0.689. The van der Waals surface area contributed by atoms with Crippen LogP contribution in [0.25, 0.3) is 10.9 Å². The Morgan fingerprint density at radius 2 is 1.90 bits per heavy atom. The highest BCUT2D eigenvalue weighted by molar-refractivity contribution is 7.89. The highest BCUT2D eigenvalue weighted by Crippen LogP contribution is 2.24. The Morgan fingerprint density at radius 1 is 1.10 bits per heavy atom. The van der Waals surface area contributed by atoms with E-state index in [2.05, 4.69) is 10.3 Å². The van der Waals surface area contributed by atoms with Gasteiger partial charge in [-0.15, -0.1) is 0 Å². The Labute approximate surface area is 167 Å². The van der Waals surface area contributed by atoms with Gasteiger partial charge in [0, 0.05) is 25.4 Å². The summed E-state index contributed by atoms with van der Waals surface area (Å²) in [7, 11) is -3.56. The molecule has 0 saturated carbocycles. The highest BCUT2D eigenvalue weighted by atomic mass is 32.2. The average molecular weight is 412 g/mol. The van der Waals surface area contributed by atoms with Crippen LogP contribution in [-0.4, -0.2) is 41.3 Å². The number of pyridine rings is 2. The van der Waals surface area contributed by atoms with E-state index in [4.69, 9.17) is 0 Å². The number of hydrogen-bond donors (Lipinski definition) is 1. The molecule has 3 heterocycles. The lowest BCUT2D eigenvalue weighted by atomic mass is 10.2. The smallest absolute Gasteiger partial charge is 0.251 e. The summed E-state index contributed by atoms with van der Waals surface area (Å²) >= 11 is 0. The van der Waals surface area contributed by atoms with Crippen molar-refractivity contribution in [3.05, 3.63) is 65.2 Å². The molecule has 8 nitrogen and oxygen atoms in total. The zero-order chi connectivity index (χ0) is 20.4. The van der Waals surface area contributed by atoms with E-state index in [0.29, 0.717) is 29.7 Å². The third-order valence-electron chi connectivity index (χ3n) is 4.91. The molecule has 1 saturated heterocycles. The van der Waals surface area contributed by atoms with Crippen LogP contribution < -0.4 is 10.9 Å². The maximum Gasteiger partial charge on any atom is 0.251 e. The molecule has 1 aliphatic rings. The predicted octanol–water partition coefficient (Wildman–Crippen LogP) is 1.82.